The number of methoxy groups -OCH3 is 1. The van der Waals surface area contributed by atoms with Crippen LogP contribution in [0.5, 0.6) is 0 Å². The predicted octanol–water partition coefficient (Wildman–Crippen LogP) is 0.983. The van der Waals surface area contributed by atoms with Crippen LogP contribution in [0.3, 0.4) is 0 Å². The molecule has 0 aliphatic rings. The molecule has 1 aromatic rings. The second kappa shape index (κ2) is 5.31. The SMILES string of the molecule is COC(=O)c1ccc(NCCN)c(F)c1. The molecule has 0 saturated carbocycles. The fraction of sp³-hybridized carbons (Fsp3) is 0.300. The summed E-state index contributed by atoms with van der Waals surface area (Å²) in [5, 5.41) is 2.79. The van der Waals surface area contributed by atoms with Gasteiger partial charge < -0.3 is 15.8 Å². The highest BCUT2D eigenvalue weighted by atomic mass is 19.1. The van der Waals surface area contributed by atoms with E-state index >= 15 is 0 Å². The fourth-order valence-corrected chi connectivity index (χ4v) is 1.11. The number of ether oxygens (including phenoxy) is 1. The second-order valence-electron chi connectivity index (χ2n) is 2.90. The summed E-state index contributed by atoms with van der Waals surface area (Å²) in [6.07, 6.45) is 0. The fourth-order valence-electron chi connectivity index (χ4n) is 1.11. The lowest BCUT2D eigenvalue weighted by molar-refractivity contribution is 0.0600. The van der Waals surface area contributed by atoms with Gasteiger partial charge in [0.2, 0.25) is 0 Å². The Balaban J connectivity index is 2.83. The summed E-state index contributed by atoms with van der Waals surface area (Å²) in [6.45, 7) is 0.896. The Morgan fingerprint density at radius 3 is 2.87 bits per heavy atom. The Labute approximate surface area is 87.2 Å². The number of nitrogens with two attached hydrogens (primary N) is 1. The normalized spacial score (nSPS) is 9.80. The molecule has 1 aromatic carbocycles. The number of hydrogen-bond donors (Lipinski definition) is 2. The molecule has 1 rings (SSSR count). The molecule has 3 N–H and O–H groups in total. The molecule has 0 aliphatic carbocycles. The summed E-state index contributed by atoms with van der Waals surface area (Å²) >= 11 is 0. The van der Waals surface area contributed by atoms with Crippen molar-refractivity contribution >= 4 is 11.7 Å². The van der Waals surface area contributed by atoms with E-state index in [0.29, 0.717) is 18.8 Å². The van der Waals surface area contributed by atoms with Crippen LogP contribution in [0.1, 0.15) is 10.4 Å². The standard InChI is InChI=1S/C10H13FN2O2/c1-15-10(14)7-2-3-9(8(11)6-7)13-5-4-12/h2-3,6,13H,4-5,12H2,1H3. The third kappa shape index (κ3) is 2.92. The summed E-state index contributed by atoms with van der Waals surface area (Å²) in [5.41, 5.74) is 5.78. The van der Waals surface area contributed by atoms with Crippen molar-refractivity contribution in [3.8, 4) is 0 Å². The number of carbonyl (C=O) groups excluding carboxylic acids is 1. The second-order valence-corrected chi connectivity index (χ2v) is 2.90. The van der Waals surface area contributed by atoms with Gasteiger partial charge in [0.1, 0.15) is 5.82 Å². The van der Waals surface area contributed by atoms with Crippen LogP contribution in [-0.2, 0) is 4.74 Å². The van der Waals surface area contributed by atoms with Gasteiger partial charge in [0.25, 0.3) is 0 Å². The van der Waals surface area contributed by atoms with E-state index in [9.17, 15) is 9.18 Å². The minimum Gasteiger partial charge on any atom is -0.465 e. The largest absolute Gasteiger partial charge is 0.465 e. The Morgan fingerprint density at radius 2 is 2.33 bits per heavy atom. The quantitative estimate of drug-likeness (QED) is 0.730. The molecule has 0 radical (unpaired) electrons. The molecule has 0 aliphatic heterocycles. The van der Waals surface area contributed by atoms with Crippen LogP contribution in [-0.4, -0.2) is 26.2 Å². The van der Waals surface area contributed by atoms with Crippen LogP contribution in [0.25, 0.3) is 0 Å². The predicted molar refractivity (Wildman–Crippen MR) is 55.3 cm³/mol. The third-order valence-corrected chi connectivity index (χ3v) is 1.85. The van der Waals surface area contributed by atoms with Gasteiger partial charge in [-0.25, -0.2) is 9.18 Å². The van der Waals surface area contributed by atoms with Crippen molar-refractivity contribution in [1.82, 2.24) is 0 Å². The van der Waals surface area contributed by atoms with Gasteiger partial charge in [-0.2, -0.15) is 0 Å². The number of halogens is 1. The minimum atomic E-state index is -0.556. The number of rotatable bonds is 4. The molecule has 0 heterocycles. The van der Waals surface area contributed by atoms with Gasteiger partial charge in [-0.3, -0.25) is 0 Å². The molecule has 0 amide bonds. The maximum atomic E-state index is 13.4. The van der Waals surface area contributed by atoms with Gasteiger partial charge in [-0.1, -0.05) is 0 Å². The molecule has 5 heteroatoms. The highest BCUT2D eigenvalue weighted by Gasteiger charge is 2.08. The van der Waals surface area contributed by atoms with Gasteiger partial charge in [0.15, 0.2) is 0 Å². The lowest BCUT2D eigenvalue weighted by atomic mass is 10.2. The van der Waals surface area contributed by atoms with E-state index < -0.39 is 11.8 Å². The average Bonchev–Trinajstić information content (AvgIpc) is 2.26. The molecular formula is C10H13FN2O2. The molecule has 0 bridgehead atoms. The van der Waals surface area contributed by atoms with E-state index in [0.717, 1.165) is 6.07 Å². The zero-order valence-corrected chi connectivity index (χ0v) is 8.42. The van der Waals surface area contributed by atoms with E-state index in [1.165, 1.54) is 19.2 Å². The van der Waals surface area contributed by atoms with Gasteiger partial charge in [-0.15, -0.1) is 0 Å². The van der Waals surface area contributed by atoms with E-state index in [1.54, 1.807) is 0 Å². The average molecular weight is 212 g/mol. The molecule has 0 atom stereocenters. The van der Waals surface area contributed by atoms with Gasteiger partial charge in [-0.05, 0) is 18.2 Å². The van der Waals surface area contributed by atoms with E-state index in [1.807, 2.05) is 0 Å². The monoisotopic (exact) mass is 212 g/mol. The summed E-state index contributed by atoms with van der Waals surface area (Å²) in [4.78, 5) is 11.1. The first-order chi connectivity index (χ1) is 7.19. The zero-order valence-electron chi connectivity index (χ0n) is 8.42. The molecular weight excluding hydrogens is 199 g/mol. The maximum absolute atomic E-state index is 13.4. The number of benzene rings is 1. The Hall–Kier alpha value is -1.62. The zero-order chi connectivity index (χ0) is 11.3. The van der Waals surface area contributed by atoms with Crippen LogP contribution >= 0.6 is 0 Å². The Morgan fingerprint density at radius 1 is 1.60 bits per heavy atom. The Bertz CT molecular complexity index is 355. The molecule has 0 saturated heterocycles. The highest BCUT2D eigenvalue weighted by molar-refractivity contribution is 5.89. The van der Waals surface area contributed by atoms with E-state index in [4.69, 9.17) is 5.73 Å². The maximum Gasteiger partial charge on any atom is 0.337 e. The van der Waals surface area contributed by atoms with Crippen molar-refractivity contribution in [1.29, 1.82) is 0 Å². The van der Waals surface area contributed by atoms with Crippen molar-refractivity contribution < 1.29 is 13.9 Å². The van der Waals surface area contributed by atoms with Gasteiger partial charge >= 0.3 is 5.97 Å². The molecule has 82 valence electrons. The molecule has 0 spiro atoms. The minimum absolute atomic E-state index is 0.188. The number of hydrogen-bond acceptors (Lipinski definition) is 4. The smallest absolute Gasteiger partial charge is 0.337 e. The van der Waals surface area contributed by atoms with Gasteiger partial charge in [0.05, 0.1) is 18.4 Å². The van der Waals surface area contributed by atoms with Crippen LogP contribution in [0.2, 0.25) is 0 Å². The van der Waals surface area contributed by atoms with Crippen molar-refractivity contribution in [3.63, 3.8) is 0 Å². The molecule has 15 heavy (non-hydrogen) atoms. The first-order valence-corrected chi connectivity index (χ1v) is 4.51. The van der Waals surface area contributed by atoms with Crippen molar-refractivity contribution in [2.24, 2.45) is 5.73 Å². The molecule has 0 fully saturated rings. The van der Waals surface area contributed by atoms with Crippen LogP contribution in [0, 0.1) is 5.82 Å². The first kappa shape index (κ1) is 11.5. The van der Waals surface area contributed by atoms with Gasteiger partial charge in [0, 0.05) is 13.1 Å². The lowest BCUT2D eigenvalue weighted by Gasteiger charge is -2.07. The summed E-state index contributed by atoms with van der Waals surface area (Å²) in [7, 11) is 1.25. The number of esters is 1. The Kier molecular flexibility index (Phi) is 4.05. The first-order valence-electron chi connectivity index (χ1n) is 4.51. The molecule has 0 unspecified atom stereocenters. The third-order valence-electron chi connectivity index (χ3n) is 1.85. The van der Waals surface area contributed by atoms with Crippen LogP contribution < -0.4 is 11.1 Å². The summed E-state index contributed by atoms with van der Waals surface area (Å²) in [5.74, 6) is -1.05. The summed E-state index contributed by atoms with van der Waals surface area (Å²) in [6, 6.07) is 4.11. The topological polar surface area (TPSA) is 64.3 Å². The molecule has 4 nitrogen and oxygen atoms in total. The number of anilines is 1. The van der Waals surface area contributed by atoms with Crippen molar-refractivity contribution in [2.75, 3.05) is 25.5 Å². The molecule has 0 aromatic heterocycles. The summed E-state index contributed by atoms with van der Waals surface area (Å²) < 4.78 is 17.8. The highest BCUT2D eigenvalue weighted by Crippen LogP contribution is 2.15. The van der Waals surface area contributed by atoms with Crippen molar-refractivity contribution in [2.45, 2.75) is 0 Å². The van der Waals surface area contributed by atoms with Crippen LogP contribution in [0.15, 0.2) is 18.2 Å². The number of carbonyl (C=O) groups is 1. The lowest BCUT2D eigenvalue weighted by Crippen LogP contribution is -2.14. The van der Waals surface area contributed by atoms with Crippen LogP contribution in [0.4, 0.5) is 10.1 Å². The van der Waals surface area contributed by atoms with E-state index in [-0.39, 0.29) is 5.56 Å². The van der Waals surface area contributed by atoms with Crippen molar-refractivity contribution in [3.05, 3.63) is 29.6 Å². The number of nitrogens with one attached hydrogen (secondary N) is 1. The van der Waals surface area contributed by atoms with E-state index in [2.05, 4.69) is 10.1 Å².